The van der Waals surface area contributed by atoms with Crippen LogP contribution in [0.25, 0.3) is 16.6 Å². The second-order valence-electron chi connectivity index (χ2n) is 6.83. The predicted octanol–water partition coefficient (Wildman–Crippen LogP) is 4.07. The van der Waals surface area contributed by atoms with E-state index in [9.17, 15) is 4.79 Å². The second kappa shape index (κ2) is 8.69. The summed E-state index contributed by atoms with van der Waals surface area (Å²) in [7, 11) is 0. The van der Waals surface area contributed by atoms with Crippen LogP contribution in [-0.4, -0.2) is 33.7 Å². The van der Waals surface area contributed by atoms with Crippen LogP contribution in [0.1, 0.15) is 6.42 Å². The monoisotopic (exact) mass is 433 g/mol. The molecule has 0 unspecified atom stereocenters. The van der Waals surface area contributed by atoms with Gasteiger partial charge in [0.15, 0.2) is 16.7 Å². The summed E-state index contributed by atoms with van der Waals surface area (Å²) in [4.78, 5) is 22.0. The fraction of sp³-hybridized carbons (Fsp3) is 0.174. The number of para-hydroxylation sites is 1. The van der Waals surface area contributed by atoms with Crippen LogP contribution in [-0.2, 0) is 0 Å². The van der Waals surface area contributed by atoms with Gasteiger partial charge in [0.05, 0.1) is 29.4 Å². The smallest absolute Gasteiger partial charge is 0.266 e. The van der Waals surface area contributed by atoms with Crippen LogP contribution in [0.2, 0.25) is 0 Å². The summed E-state index contributed by atoms with van der Waals surface area (Å²) in [5, 5.41) is 1.22. The number of nitrogens with zero attached hydrogens (tertiary/aromatic N) is 3. The summed E-state index contributed by atoms with van der Waals surface area (Å²) < 4.78 is 18.1. The largest absolute Gasteiger partial charge is 0.493 e. The first kappa shape index (κ1) is 19.4. The van der Waals surface area contributed by atoms with Gasteiger partial charge >= 0.3 is 0 Å². The zero-order chi connectivity index (χ0) is 21.0. The Hall–Kier alpha value is -3.52. The minimum Gasteiger partial charge on any atom is -0.493 e. The van der Waals surface area contributed by atoms with Crippen molar-refractivity contribution >= 4 is 22.7 Å². The number of thioether (sulfide) groups is 1. The number of fused-ring (bicyclic) bond motifs is 2. The van der Waals surface area contributed by atoms with Crippen LogP contribution in [0.15, 0.2) is 76.9 Å². The van der Waals surface area contributed by atoms with Crippen molar-refractivity contribution in [3.05, 3.63) is 77.3 Å². The number of ether oxygens (including phenoxy) is 3. The molecule has 31 heavy (non-hydrogen) atoms. The third-order valence-corrected chi connectivity index (χ3v) is 5.81. The van der Waals surface area contributed by atoms with Crippen molar-refractivity contribution in [2.45, 2.75) is 11.6 Å². The van der Waals surface area contributed by atoms with Gasteiger partial charge in [-0.15, -0.1) is 0 Å². The van der Waals surface area contributed by atoms with Crippen molar-refractivity contribution in [2.24, 2.45) is 0 Å². The van der Waals surface area contributed by atoms with Crippen LogP contribution < -0.4 is 19.8 Å². The highest BCUT2D eigenvalue weighted by Crippen LogP contribution is 2.35. The molecule has 0 bridgehead atoms. The highest BCUT2D eigenvalue weighted by Gasteiger charge is 2.15. The highest BCUT2D eigenvalue weighted by atomic mass is 32.2. The molecule has 2 aromatic heterocycles. The zero-order valence-electron chi connectivity index (χ0n) is 16.6. The molecule has 0 radical (unpaired) electrons. The summed E-state index contributed by atoms with van der Waals surface area (Å²) >= 11 is 1.53. The lowest BCUT2D eigenvalue weighted by atomic mass is 10.2. The molecule has 0 spiro atoms. The molecule has 0 saturated carbocycles. The molecule has 4 aromatic rings. The molecule has 156 valence electrons. The Morgan fingerprint density at radius 1 is 1.06 bits per heavy atom. The maximum Gasteiger partial charge on any atom is 0.266 e. The first-order valence-electron chi connectivity index (χ1n) is 9.87. The van der Waals surface area contributed by atoms with Gasteiger partial charge in [0.1, 0.15) is 5.75 Å². The molecule has 8 heteroatoms. The van der Waals surface area contributed by atoms with Gasteiger partial charge in [-0.05, 0) is 42.8 Å². The maximum absolute atomic E-state index is 13.2. The molecule has 0 fully saturated rings. The molecule has 5 rings (SSSR count). The van der Waals surface area contributed by atoms with Crippen molar-refractivity contribution in [3.63, 3.8) is 0 Å². The SMILES string of the molecule is O=c1c2ccccc2nc(SCCCOc2ccc3c(c2)OCO3)n1-c1cccnc1. The Morgan fingerprint density at radius 3 is 2.87 bits per heavy atom. The van der Waals surface area contributed by atoms with Gasteiger partial charge in [-0.25, -0.2) is 4.98 Å². The molecular weight excluding hydrogens is 414 g/mol. The minimum atomic E-state index is -0.0993. The number of benzene rings is 2. The van der Waals surface area contributed by atoms with Gasteiger partial charge in [-0.3, -0.25) is 14.3 Å². The third kappa shape index (κ3) is 4.06. The van der Waals surface area contributed by atoms with Crippen molar-refractivity contribution < 1.29 is 14.2 Å². The lowest BCUT2D eigenvalue weighted by Gasteiger charge is -2.13. The normalized spacial score (nSPS) is 12.3. The molecule has 1 aliphatic heterocycles. The number of pyridine rings is 1. The van der Waals surface area contributed by atoms with Crippen molar-refractivity contribution in [1.82, 2.24) is 14.5 Å². The van der Waals surface area contributed by atoms with Gasteiger partial charge in [0, 0.05) is 18.0 Å². The standard InChI is InChI=1S/C23H19N3O4S/c27-22-18-6-1-2-7-19(18)25-23(26(22)16-5-3-10-24-14-16)31-12-4-11-28-17-8-9-20-21(13-17)30-15-29-20/h1-3,5-10,13-14H,4,11-12,15H2. The topological polar surface area (TPSA) is 75.5 Å². The van der Waals surface area contributed by atoms with E-state index in [1.807, 2.05) is 48.5 Å². The summed E-state index contributed by atoms with van der Waals surface area (Å²) in [5.41, 5.74) is 1.29. The minimum absolute atomic E-state index is 0.0993. The van der Waals surface area contributed by atoms with E-state index in [-0.39, 0.29) is 12.4 Å². The molecule has 0 aliphatic carbocycles. The van der Waals surface area contributed by atoms with Crippen molar-refractivity contribution in [2.75, 3.05) is 19.2 Å². The van der Waals surface area contributed by atoms with E-state index in [4.69, 9.17) is 19.2 Å². The maximum atomic E-state index is 13.2. The summed E-state index contributed by atoms with van der Waals surface area (Å²) in [6.07, 6.45) is 4.14. The van der Waals surface area contributed by atoms with E-state index < -0.39 is 0 Å². The zero-order valence-corrected chi connectivity index (χ0v) is 17.4. The van der Waals surface area contributed by atoms with Crippen LogP contribution in [0, 0.1) is 0 Å². The third-order valence-electron chi connectivity index (χ3n) is 4.78. The van der Waals surface area contributed by atoms with Crippen LogP contribution >= 0.6 is 11.8 Å². The molecule has 0 atom stereocenters. The van der Waals surface area contributed by atoms with E-state index in [2.05, 4.69) is 4.98 Å². The quantitative estimate of drug-likeness (QED) is 0.247. The Labute approximate surface area is 182 Å². The lowest BCUT2D eigenvalue weighted by molar-refractivity contribution is 0.173. The first-order valence-corrected chi connectivity index (χ1v) is 10.9. The number of rotatable bonds is 7. The fourth-order valence-electron chi connectivity index (χ4n) is 3.30. The predicted molar refractivity (Wildman–Crippen MR) is 119 cm³/mol. The van der Waals surface area contributed by atoms with Gasteiger partial charge in [-0.1, -0.05) is 23.9 Å². The van der Waals surface area contributed by atoms with E-state index in [0.717, 1.165) is 23.7 Å². The number of hydrogen-bond donors (Lipinski definition) is 0. The van der Waals surface area contributed by atoms with Crippen LogP contribution in [0.4, 0.5) is 0 Å². The molecule has 7 nitrogen and oxygen atoms in total. The second-order valence-corrected chi connectivity index (χ2v) is 7.89. The fourth-order valence-corrected chi connectivity index (χ4v) is 4.23. The first-order chi connectivity index (χ1) is 15.3. The van der Waals surface area contributed by atoms with Crippen molar-refractivity contribution in [3.8, 4) is 22.9 Å². The van der Waals surface area contributed by atoms with E-state index in [1.165, 1.54) is 11.8 Å². The van der Waals surface area contributed by atoms with Gasteiger partial charge in [-0.2, -0.15) is 0 Å². The molecule has 1 aliphatic rings. The van der Waals surface area contributed by atoms with Crippen molar-refractivity contribution in [1.29, 1.82) is 0 Å². The average molecular weight is 433 g/mol. The Balaban J connectivity index is 1.30. The van der Waals surface area contributed by atoms with E-state index in [0.29, 0.717) is 34.1 Å². The molecule has 3 heterocycles. The molecular formula is C23H19N3O4S. The Bertz CT molecular complexity index is 1280. The summed E-state index contributed by atoms with van der Waals surface area (Å²) in [6, 6.07) is 16.6. The lowest BCUT2D eigenvalue weighted by Crippen LogP contribution is -2.22. The van der Waals surface area contributed by atoms with E-state index in [1.54, 1.807) is 23.0 Å². The van der Waals surface area contributed by atoms with Gasteiger partial charge < -0.3 is 14.2 Å². The van der Waals surface area contributed by atoms with Gasteiger partial charge in [0.25, 0.3) is 5.56 Å². The number of aromatic nitrogens is 3. The van der Waals surface area contributed by atoms with Gasteiger partial charge in [0.2, 0.25) is 6.79 Å². The average Bonchev–Trinajstić information content (AvgIpc) is 3.28. The van der Waals surface area contributed by atoms with Crippen LogP contribution in [0.3, 0.4) is 0 Å². The molecule has 0 amide bonds. The molecule has 0 saturated heterocycles. The Morgan fingerprint density at radius 2 is 1.97 bits per heavy atom. The Kier molecular flexibility index (Phi) is 5.45. The number of hydrogen-bond acceptors (Lipinski definition) is 7. The molecule has 2 aromatic carbocycles. The summed E-state index contributed by atoms with van der Waals surface area (Å²) in [6.45, 7) is 0.782. The molecule has 0 N–H and O–H groups in total. The highest BCUT2D eigenvalue weighted by molar-refractivity contribution is 7.99. The summed E-state index contributed by atoms with van der Waals surface area (Å²) in [5.74, 6) is 2.92. The van der Waals surface area contributed by atoms with E-state index >= 15 is 0 Å². The van der Waals surface area contributed by atoms with Crippen LogP contribution in [0.5, 0.6) is 17.2 Å².